The van der Waals surface area contributed by atoms with Crippen molar-refractivity contribution in [1.82, 2.24) is 5.32 Å². The van der Waals surface area contributed by atoms with Crippen LogP contribution in [0.5, 0.6) is 0 Å². The molecular weight excluding hydrogens is 262 g/mol. The molecule has 2 aliphatic rings. The molecule has 0 bridgehead atoms. The maximum atomic E-state index is 12.5. The zero-order chi connectivity index (χ0) is 14.8. The van der Waals surface area contributed by atoms with Crippen molar-refractivity contribution < 1.29 is 4.79 Å². The topological polar surface area (TPSA) is 58.4 Å². The molecule has 1 aromatic carbocycles. The third-order valence-corrected chi connectivity index (χ3v) is 4.81. The fraction of sp³-hybridized carbons (Fsp3) is 0.588. The molecule has 0 saturated heterocycles. The Kier molecular flexibility index (Phi) is 4.04. The molecule has 1 fully saturated rings. The van der Waals surface area contributed by atoms with E-state index in [1.54, 1.807) is 0 Å². The van der Waals surface area contributed by atoms with Crippen molar-refractivity contribution in [1.29, 1.82) is 0 Å². The number of fused-ring (bicyclic) bond motifs is 1. The lowest BCUT2D eigenvalue weighted by molar-refractivity contribution is -0.122. The van der Waals surface area contributed by atoms with Crippen molar-refractivity contribution in [3.05, 3.63) is 23.8 Å². The van der Waals surface area contributed by atoms with Crippen LogP contribution in [0.1, 0.15) is 44.6 Å². The molecule has 1 amide bonds. The second-order valence-electron chi connectivity index (χ2n) is 6.35. The van der Waals surface area contributed by atoms with Gasteiger partial charge in [0.25, 0.3) is 0 Å². The Labute approximate surface area is 126 Å². The van der Waals surface area contributed by atoms with Crippen LogP contribution in [0, 0.1) is 0 Å². The van der Waals surface area contributed by atoms with Crippen LogP contribution < -0.4 is 16.0 Å². The number of nitrogen functional groups attached to an aromatic ring is 1. The Bertz CT molecular complexity index is 523. The van der Waals surface area contributed by atoms with Crippen LogP contribution >= 0.6 is 0 Å². The van der Waals surface area contributed by atoms with Gasteiger partial charge in [-0.25, -0.2) is 0 Å². The van der Waals surface area contributed by atoms with E-state index in [1.165, 1.54) is 18.4 Å². The van der Waals surface area contributed by atoms with E-state index in [2.05, 4.69) is 16.3 Å². The molecule has 0 radical (unpaired) electrons. The highest BCUT2D eigenvalue weighted by Gasteiger charge is 2.28. The van der Waals surface area contributed by atoms with E-state index in [9.17, 15) is 4.79 Å². The summed E-state index contributed by atoms with van der Waals surface area (Å²) in [5, 5.41) is 3.21. The number of benzene rings is 1. The number of nitrogens with zero attached hydrogens (tertiary/aromatic N) is 1. The predicted octanol–water partition coefficient (Wildman–Crippen LogP) is 2.47. The SMILES string of the molecule is CC(C(=O)NC1CCCC1)N1CCCc2ccc(N)cc21. The van der Waals surface area contributed by atoms with Gasteiger partial charge in [-0.05, 0) is 50.3 Å². The first-order valence-corrected chi connectivity index (χ1v) is 8.10. The van der Waals surface area contributed by atoms with Gasteiger partial charge in [-0.15, -0.1) is 0 Å². The lowest BCUT2D eigenvalue weighted by Gasteiger charge is -2.36. The molecule has 1 aromatic rings. The van der Waals surface area contributed by atoms with Crippen molar-refractivity contribution >= 4 is 17.3 Å². The van der Waals surface area contributed by atoms with E-state index in [0.717, 1.165) is 43.6 Å². The van der Waals surface area contributed by atoms with E-state index >= 15 is 0 Å². The maximum absolute atomic E-state index is 12.5. The number of nitrogens with one attached hydrogen (secondary N) is 1. The van der Waals surface area contributed by atoms with Gasteiger partial charge >= 0.3 is 0 Å². The summed E-state index contributed by atoms with van der Waals surface area (Å²) in [6, 6.07) is 6.30. The molecule has 4 heteroatoms. The number of aryl methyl sites for hydroxylation is 1. The molecule has 21 heavy (non-hydrogen) atoms. The van der Waals surface area contributed by atoms with E-state index < -0.39 is 0 Å². The van der Waals surface area contributed by atoms with Gasteiger partial charge < -0.3 is 16.0 Å². The van der Waals surface area contributed by atoms with E-state index in [1.807, 2.05) is 19.1 Å². The zero-order valence-corrected chi connectivity index (χ0v) is 12.8. The number of hydrogen-bond donors (Lipinski definition) is 2. The van der Waals surface area contributed by atoms with Crippen molar-refractivity contribution in [2.45, 2.75) is 57.5 Å². The van der Waals surface area contributed by atoms with E-state index in [-0.39, 0.29) is 11.9 Å². The zero-order valence-electron chi connectivity index (χ0n) is 12.8. The molecule has 1 aliphatic heterocycles. The van der Waals surface area contributed by atoms with Crippen LogP contribution in [0.2, 0.25) is 0 Å². The van der Waals surface area contributed by atoms with Crippen LogP contribution in [0.25, 0.3) is 0 Å². The number of carbonyl (C=O) groups is 1. The minimum Gasteiger partial charge on any atom is -0.399 e. The van der Waals surface area contributed by atoms with E-state index in [0.29, 0.717) is 6.04 Å². The fourth-order valence-corrected chi connectivity index (χ4v) is 3.56. The second kappa shape index (κ2) is 5.96. The van der Waals surface area contributed by atoms with Crippen LogP contribution in [0.15, 0.2) is 18.2 Å². The molecule has 3 N–H and O–H groups in total. The van der Waals surface area contributed by atoms with E-state index in [4.69, 9.17) is 5.73 Å². The summed E-state index contributed by atoms with van der Waals surface area (Å²) in [5.74, 6) is 0.150. The number of hydrogen-bond acceptors (Lipinski definition) is 3. The number of anilines is 2. The first-order chi connectivity index (χ1) is 10.1. The van der Waals surface area contributed by atoms with Gasteiger partial charge in [0.2, 0.25) is 5.91 Å². The van der Waals surface area contributed by atoms with Gasteiger partial charge in [0.05, 0.1) is 0 Å². The maximum Gasteiger partial charge on any atom is 0.242 e. The largest absolute Gasteiger partial charge is 0.399 e. The summed E-state index contributed by atoms with van der Waals surface area (Å²) in [6.07, 6.45) is 6.90. The Morgan fingerprint density at radius 1 is 1.33 bits per heavy atom. The summed E-state index contributed by atoms with van der Waals surface area (Å²) in [5.41, 5.74) is 9.13. The molecule has 1 atom stereocenters. The summed E-state index contributed by atoms with van der Waals surface area (Å²) < 4.78 is 0. The van der Waals surface area contributed by atoms with Gasteiger partial charge in [-0.1, -0.05) is 18.9 Å². The molecule has 4 nitrogen and oxygen atoms in total. The summed E-state index contributed by atoms with van der Waals surface area (Å²) in [4.78, 5) is 14.7. The minimum absolute atomic E-state index is 0.133. The highest BCUT2D eigenvalue weighted by molar-refractivity contribution is 5.86. The van der Waals surface area contributed by atoms with Crippen molar-refractivity contribution in [3.63, 3.8) is 0 Å². The van der Waals surface area contributed by atoms with Crippen LogP contribution in [0.4, 0.5) is 11.4 Å². The Balaban J connectivity index is 1.74. The number of amides is 1. The first-order valence-electron chi connectivity index (χ1n) is 8.10. The van der Waals surface area contributed by atoms with Crippen LogP contribution in [-0.2, 0) is 11.2 Å². The van der Waals surface area contributed by atoms with Gasteiger partial charge in [-0.3, -0.25) is 4.79 Å². The molecule has 1 heterocycles. The monoisotopic (exact) mass is 287 g/mol. The molecule has 3 rings (SSSR count). The summed E-state index contributed by atoms with van der Waals surface area (Å²) in [7, 11) is 0. The standard InChI is InChI=1S/C17H25N3O/c1-12(17(21)19-15-6-2-3-7-15)20-10-4-5-13-8-9-14(18)11-16(13)20/h8-9,11-12,15H,2-7,10,18H2,1H3,(H,19,21). The summed E-state index contributed by atoms with van der Waals surface area (Å²) in [6.45, 7) is 2.93. The molecule has 0 aromatic heterocycles. The molecule has 0 spiro atoms. The number of nitrogens with two attached hydrogens (primary N) is 1. The predicted molar refractivity (Wildman–Crippen MR) is 86.4 cm³/mol. The molecule has 1 saturated carbocycles. The number of carbonyl (C=O) groups excluding carboxylic acids is 1. The average Bonchev–Trinajstić information content (AvgIpc) is 2.98. The third-order valence-electron chi connectivity index (χ3n) is 4.81. The van der Waals surface area contributed by atoms with Crippen molar-refractivity contribution in [2.24, 2.45) is 0 Å². The highest BCUT2D eigenvalue weighted by Crippen LogP contribution is 2.30. The van der Waals surface area contributed by atoms with Gasteiger partial charge in [0.15, 0.2) is 0 Å². The smallest absolute Gasteiger partial charge is 0.242 e. The minimum atomic E-state index is -0.133. The second-order valence-corrected chi connectivity index (χ2v) is 6.35. The molecule has 114 valence electrons. The lowest BCUT2D eigenvalue weighted by atomic mass is 9.99. The molecule has 1 aliphatic carbocycles. The summed E-state index contributed by atoms with van der Waals surface area (Å²) >= 11 is 0. The highest BCUT2D eigenvalue weighted by atomic mass is 16.2. The molecule has 1 unspecified atom stereocenters. The average molecular weight is 287 g/mol. The Morgan fingerprint density at radius 2 is 2.10 bits per heavy atom. The van der Waals surface area contributed by atoms with Crippen molar-refractivity contribution in [2.75, 3.05) is 17.2 Å². The van der Waals surface area contributed by atoms with Gasteiger partial charge in [0.1, 0.15) is 6.04 Å². The van der Waals surface area contributed by atoms with Crippen LogP contribution in [-0.4, -0.2) is 24.5 Å². The fourth-order valence-electron chi connectivity index (χ4n) is 3.56. The quantitative estimate of drug-likeness (QED) is 0.840. The van der Waals surface area contributed by atoms with Gasteiger partial charge in [0, 0.05) is 24.0 Å². The first kappa shape index (κ1) is 14.2. The number of rotatable bonds is 3. The Hall–Kier alpha value is -1.71. The third kappa shape index (κ3) is 2.99. The lowest BCUT2D eigenvalue weighted by Crippen LogP contribution is -2.49. The Morgan fingerprint density at radius 3 is 2.86 bits per heavy atom. The van der Waals surface area contributed by atoms with Crippen molar-refractivity contribution in [3.8, 4) is 0 Å². The van der Waals surface area contributed by atoms with Gasteiger partial charge in [-0.2, -0.15) is 0 Å². The molecular formula is C17H25N3O. The van der Waals surface area contributed by atoms with Crippen LogP contribution in [0.3, 0.4) is 0 Å². The normalized spacial score (nSPS) is 20.1.